The molecule has 3 heteroatoms. The van der Waals surface area contributed by atoms with Gasteiger partial charge in [0.25, 0.3) is 0 Å². The van der Waals surface area contributed by atoms with Crippen LogP contribution in [-0.4, -0.2) is 4.98 Å². The van der Waals surface area contributed by atoms with E-state index in [0.29, 0.717) is 0 Å². The van der Waals surface area contributed by atoms with Gasteiger partial charge in [-0.25, -0.2) is 4.39 Å². The molecule has 0 aliphatic rings. The molecule has 0 aliphatic carbocycles. The minimum atomic E-state index is -0.223. The lowest BCUT2D eigenvalue weighted by Gasteiger charge is -2.20. The van der Waals surface area contributed by atoms with Crippen molar-refractivity contribution >= 4 is 28.7 Å². The Balaban J connectivity index is 2.38. The third-order valence-electron chi connectivity index (χ3n) is 4.46. The average molecular weight is 457 g/mol. The second-order valence-corrected chi connectivity index (χ2v) is 7.30. The predicted octanol–water partition coefficient (Wildman–Crippen LogP) is 7.39. The fourth-order valence-corrected chi connectivity index (χ4v) is 3.61. The zero-order valence-electron chi connectivity index (χ0n) is 15.1. The molecule has 2 aromatic carbocycles. The van der Waals surface area contributed by atoms with Crippen LogP contribution in [0.3, 0.4) is 0 Å². The molecule has 1 nitrogen and oxygen atoms in total. The summed E-state index contributed by atoms with van der Waals surface area (Å²) in [5.41, 5.74) is 7.49. The molecule has 0 radical (unpaired) electrons. The highest BCUT2D eigenvalue weighted by Gasteiger charge is 2.19. The second kappa shape index (κ2) is 8.12. The number of nitrogens with zero attached hydrogens (tertiary/aromatic N) is 1. The van der Waals surface area contributed by atoms with E-state index in [2.05, 4.69) is 61.6 Å². The SMILES string of the molecule is Cc1c(-c2ccccc2)nc(C(C)C)c(C=CI)c1-c1ccc(F)cc1. The lowest BCUT2D eigenvalue weighted by atomic mass is 9.88. The Morgan fingerprint density at radius 2 is 1.62 bits per heavy atom. The maximum Gasteiger partial charge on any atom is 0.123 e. The highest BCUT2D eigenvalue weighted by molar-refractivity contribution is 14.1. The van der Waals surface area contributed by atoms with Crippen molar-refractivity contribution < 1.29 is 4.39 Å². The first-order valence-electron chi connectivity index (χ1n) is 8.65. The lowest BCUT2D eigenvalue weighted by molar-refractivity contribution is 0.628. The first-order chi connectivity index (χ1) is 12.5. The third kappa shape index (κ3) is 3.73. The van der Waals surface area contributed by atoms with Gasteiger partial charge in [0.1, 0.15) is 5.82 Å². The fraction of sp³-hybridized carbons (Fsp3) is 0.174. The number of rotatable bonds is 4. The molecule has 0 N–H and O–H groups in total. The summed E-state index contributed by atoms with van der Waals surface area (Å²) in [6.45, 7) is 6.42. The summed E-state index contributed by atoms with van der Waals surface area (Å²) < 4.78 is 15.5. The van der Waals surface area contributed by atoms with Crippen molar-refractivity contribution in [3.63, 3.8) is 0 Å². The predicted molar refractivity (Wildman–Crippen MR) is 117 cm³/mol. The molecule has 0 unspecified atom stereocenters. The molecule has 3 aromatic rings. The van der Waals surface area contributed by atoms with E-state index in [0.717, 1.165) is 39.2 Å². The van der Waals surface area contributed by atoms with Crippen molar-refractivity contribution in [3.8, 4) is 22.4 Å². The van der Waals surface area contributed by atoms with Gasteiger partial charge in [-0.2, -0.15) is 0 Å². The summed E-state index contributed by atoms with van der Waals surface area (Å²) in [4.78, 5) is 5.04. The molecule has 0 bridgehead atoms. The standard InChI is InChI=1S/C23H21FIN/c1-15(2)22-20(13-14-25)21(17-9-11-19(24)12-10-17)16(3)23(26-22)18-7-5-4-6-8-18/h4-15H,1-3H3. The summed E-state index contributed by atoms with van der Waals surface area (Å²) in [6.07, 6.45) is 2.10. The molecule has 26 heavy (non-hydrogen) atoms. The smallest absolute Gasteiger partial charge is 0.123 e. The number of benzene rings is 2. The van der Waals surface area contributed by atoms with Gasteiger partial charge in [0.2, 0.25) is 0 Å². The highest BCUT2D eigenvalue weighted by Crippen LogP contribution is 2.38. The molecular weight excluding hydrogens is 436 g/mol. The Morgan fingerprint density at radius 1 is 0.962 bits per heavy atom. The van der Waals surface area contributed by atoms with Crippen molar-refractivity contribution in [1.82, 2.24) is 4.98 Å². The second-order valence-electron chi connectivity index (χ2n) is 6.58. The molecule has 0 atom stereocenters. The van der Waals surface area contributed by atoms with Gasteiger partial charge >= 0.3 is 0 Å². The number of hydrogen-bond donors (Lipinski definition) is 0. The Labute approximate surface area is 168 Å². The van der Waals surface area contributed by atoms with Crippen molar-refractivity contribution in [2.75, 3.05) is 0 Å². The highest BCUT2D eigenvalue weighted by atomic mass is 127. The Kier molecular flexibility index (Phi) is 5.87. The van der Waals surface area contributed by atoms with Crippen molar-refractivity contribution in [1.29, 1.82) is 0 Å². The number of aromatic nitrogens is 1. The molecule has 0 saturated carbocycles. The van der Waals surface area contributed by atoms with E-state index in [9.17, 15) is 4.39 Å². The van der Waals surface area contributed by atoms with Gasteiger partial charge < -0.3 is 0 Å². The van der Waals surface area contributed by atoms with Gasteiger partial charge in [-0.3, -0.25) is 4.98 Å². The van der Waals surface area contributed by atoms with Crippen LogP contribution in [0.15, 0.2) is 58.7 Å². The summed E-state index contributed by atoms with van der Waals surface area (Å²) >= 11 is 2.24. The Morgan fingerprint density at radius 3 is 2.19 bits per heavy atom. The molecule has 132 valence electrons. The van der Waals surface area contributed by atoms with Crippen LogP contribution < -0.4 is 0 Å². The van der Waals surface area contributed by atoms with Gasteiger partial charge in [0.05, 0.1) is 11.4 Å². The molecule has 0 fully saturated rings. The maximum absolute atomic E-state index is 13.5. The summed E-state index contributed by atoms with van der Waals surface area (Å²) in [5, 5.41) is 0. The van der Waals surface area contributed by atoms with Gasteiger partial charge in [-0.1, -0.05) is 78.9 Å². The van der Waals surface area contributed by atoms with E-state index in [1.54, 1.807) is 0 Å². The number of pyridine rings is 1. The molecule has 3 rings (SSSR count). The van der Waals surface area contributed by atoms with Crippen LogP contribution in [0.2, 0.25) is 0 Å². The molecule has 0 aliphatic heterocycles. The maximum atomic E-state index is 13.5. The summed E-state index contributed by atoms with van der Waals surface area (Å²) in [6, 6.07) is 17.0. The van der Waals surface area contributed by atoms with Crippen molar-refractivity contribution in [2.24, 2.45) is 0 Å². The van der Waals surface area contributed by atoms with Crippen LogP contribution in [0.5, 0.6) is 0 Å². The summed E-state index contributed by atoms with van der Waals surface area (Å²) in [7, 11) is 0. The molecule has 1 aromatic heterocycles. The summed E-state index contributed by atoms with van der Waals surface area (Å²) in [5.74, 6) is 0.0543. The van der Waals surface area contributed by atoms with Gasteiger partial charge in [0, 0.05) is 11.1 Å². The lowest BCUT2D eigenvalue weighted by Crippen LogP contribution is -2.04. The van der Waals surface area contributed by atoms with Crippen LogP contribution in [0.25, 0.3) is 28.5 Å². The number of hydrogen-bond acceptors (Lipinski definition) is 1. The fourth-order valence-electron chi connectivity index (χ4n) is 3.25. The quantitative estimate of drug-likeness (QED) is 0.372. The third-order valence-corrected chi connectivity index (χ3v) is 4.82. The van der Waals surface area contributed by atoms with Gasteiger partial charge in [-0.05, 0) is 51.8 Å². The van der Waals surface area contributed by atoms with Gasteiger partial charge in [0.15, 0.2) is 0 Å². The van der Waals surface area contributed by atoms with E-state index in [-0.39, 0.29) is 11.7 Å². The Hall–Kier alpha value is -2.01. The first kappa shape index (κ1) is 18.8. The van der Waals surface area contributed by atoms with Crippen LogP contribution in [0, 0.1) is 12.7 Å². The monoisotopic (exact) mass is 457 g/mol. The molecule has 0 amide bonds. The van der Waals surface area contributed by atoms with E-state index in [1.807, 2.05) is 34.4 Å². The largest absolute Gasteiger partial charge is 0.252 e. The molecule has 0 saturated heterocycles. The van der Waals surface area contributed by atoms with E-state index < -0.39 is 0 Å². The molecule has 1 heterocycles. The van der Waals surface area contributed by atoms with Crippen LogP contribution in [-0.2, 0) is 0 Å². The molecular formula is C23H21FIN. The Bertz CT molecular complexity index is 929. The average Bonchev–Trinajstić information content (AvgIpc) is 2.64. The van der Waals surface area contributed by atoms with Crippen LogP contribution in [0.1, 0.15) is 36.6 Å². The van der Waals surface area contributed by atoms with Crippen LogP contribution >= 0.6 is 22.6 Å². The van der Waals surface area contributed by atoms with E-state index in [1.165, 1.54) is 12.1 Å². The normalized spacial score (nSPS) is 11.5. The van der Waals surface area contributed by atoms with Crippen molar-refractivity contribution in [2.45, 2.75) is 26.7 Å². The topological polar surface area (TPSA) is 12.9 Å². The minimum absolute atomic E-state index is 0.223. The zero-order valence-corrected chi connectivity index (χ0v) is 17.3. The van der Waals surface area contributed by atoms with E-state index in [4.69, 9.17) is 4.98 Å². The number of halogens is 2. The molecule has 0 spiro atoms. The van der Waals surface area contributed by atoms with Crippen LogP contribution in [0.4, 0.5) is 4.39 Å². The zero-order chi connectivity index (χ0) is 18.7. The van der Waals surface area contributed by atoms with Gasteiger partial charge in [-0.15, -0.1) is 0 Å². The minimum Gasteiger partial charge on any atom is -0.252 e. The van der Waals surface area contributed by atoms with Crippen molar-refractivity contribution in [3.05, 3.63) is 81.3 Å². The van der Waals surface area contributed by atoms with E-state index >= 15 is 0 Å². The first-order valence-corrected chi connectivity index (χ1v) is 9.90.